The molecule has 10 nitrogen and oxygen atoms in total. The van der Waals surface area contributed by atoms with Gasteiger partial charge in [-0.3, -0.25) is 14.9 Å². The first-order valence-corrected chi connectivity index (χ1v) is 9.31. The average molecular weight is 426 g/mol. The van der Waals surface area contributed by atoms with Gasteiger partial charge >= 0.3 is 12.1 Å². The van der Waals surface area contributed by atoms with Crippen LogP contribution >= 0.6 is 24.0 Å². The minimum Gasteiger partial charge on any atom is -0.479 e. The minimum absolute atomic E-state index is 0.0837. The van der Waals surface area contributed by atoms with Crippen LogP contribution in [0.2, 0.25) is 0 Å². The fourth-order valence-electron chi connectivity index (χ4n) is 2.98. The molecular weight excluding hydrogens is 412 g/mol. The Hall–Kier alpha value is -2.73. The van der Waals surface area contributed by atoms with Gasteiger partial charge in [-0.25, -0.2) is 9.59 Å². The van der Waals surface area contributed by atoms with Gasteiger partial charge in [0.1, 0.15) is 18.6 Å². The Balaban J connectivity index is 1.52. The van der Waals surface area contributed by atoms with Crippen molar-refractivity contribution in [3.63, 3.8) is 0 Å². The zero-order valence-corrected chi connectivity index (χ0v) is 16.0. The highest BCUT2D eigenvalue weighted by Gasteiger charge is 2.61. The Morgan fingerprint density at radius 3 is 2.61 bits per heavy atom. The van der Waals surface area contributed by atoms with Crippen LogP contribution in [0, 0.1) is 16.0 Å². The minimum atomic E-state index is -1.19. The number of thioether (sulfide) groups is 1. The molecule has 3 rings (SSSR count). The summed E-state index contributed by atoms with van der Waals surface area (Å²) in [6, 6.07) is 4.32. The number of nitro groups is 1. The molecule has 2 fully saturated rings. The van der Waals surface area contributed by atoms with Gasteiger partial charge in [0.2, 0.25) is 5.91 Å². The average Bonchev–Trinajstić information content (AvgIpc) is 2.93. The SMILES string of the molecule is CC(OC(=O)OCc1ccc([N+](=O)[O-])cc1)C1C(=O)N2C(C(=O)O)C(=S)SC12. The molecule has 4 atom stereocenters. The summed E-state index contributed by atoms with van der Waals surface area (Å²) in [6.45, 7) is 1.36. The van der Waals surface area contributed by atoms with Gasteiger partial charge in [0.05, 0.1) is 14.5 Å². The fraction of sp³-hybridized carbons (Fsp3) is 0.375. The van der Waals surface area contributed by atoms with E-state index in [4.69, 9.17) is 21.7 Å². The van der Waals surface area contributed by atoms with Gasteiger partial charge in [0.25, 0.3) is 5.69 Å². The number of nitro benzene ring substituents is 1. The van der Waals surface area contributed by atoms with E-state index in [9.17, 15) is 29.6 Å². The van der Waals surface area contributed by atoms with Crippen molar-refractivity contribution in [2.75, 3.05) is 0 Å². The van der Waals surface area contributed by atoms with Crippen LogP contribution in [-0.4, -0.2) is 54.7 Å². The van der Waals surface area contributed by atoms with E-state index in [1.807, 2.05) is 0 Å². The van der Waals surface area contributed by atoms with Crippen LogP contribution in [0.4, 0.5) is 10.5 Å². The molecule has 2 saturated heterocycles. The number of β-lactam (4-membered cyclic amide) rings is 1. The molecule has 2 heterocycles. The quantitative estimate of drug-likeness (QED) is 0.236. The van der Waals surface area contributed by atoms with E-state index in [0.29, 0.717) is 5.56 Å². The Kier molecular flexibility index (Phi) is 5.52. The number of hydrogen-bond donors (Lipinski definition) is 1. The largest absolute Gasteiger partial charge is 0.508 e. The first-order valence-electron chi connectivity index (χ1n) is 8.03. The molecule has 0 aromatic heterocycles. The van der Waals surface area contributed by atoms with Gasteiger partial charge in [-0.1, -0.05) is 24.0 Å². The maximum absolute atomic E-state index is 12.3. The molecule has 0 radical (unpaired) electrons. The summed E-state index contributed by atoms with van der Waals surface area (Å²) < 4.78 is 10.3. The van der Waals surface area contributed by atoms with E-state index in [1.54, 1.807) is 0 Å². The van der Waals surface area contributed by atoms with Crippen molar-refractivity contribution in [3.05, 3.63) is 39.9 Å². The summed E-state index contributed by atoms with van der Waals surface area (Å²) in [5, 5.41) is 19.3. The molecule has 2 aliphatic rings. The van der Waals surface area contributed by atoms with E-state index >= 15 is 0 Å². The molecule has 1 amide bonds. The zero-order chi connectivity index (χ0) is 20.6. The molecule has 28 heavy (non-hydrogen) atoms. The van der Waals surface area contributed by atoms with Gasteiger partial charge in [-0.15, -0.1) is 0 Å². The lowest BCUT2D eigenvalue weighted by atomic mass is 9.91. The fourth-order valence-corrected chi connectivity index (χ4v) is 4.89. The lowest BCUT2D eigenvalue weighted by Crippen LogP contribution is -2.64. The number of nitrogens with zero attached hydrogens (tertiary/aromatic N) is 2. The predicted octanol–water partition coefficient (Wildman–Crippen LogP) is 1.95. The van der Waals surface area contributed by atoms with Crippen LogP contribution in [0.1, 0.15) is 12.5 Å². The number of amides is 1. The summed E-state index contributed by atoms with van der Waals surface area (Å²) in [5.74, 6) is -2.34. The summed E-state index contributed by atoms with van der Waals surface area (Å²) in [7, 11) is 0. The van der Waals surface area contributed by atoms with Crippen LogP contribution in [0.15, 0.2) is 24.3 Å². The topological polar surface area (TPSA) is 136 Å². The summed E-state index contributed by atoms with van der Waals surface area (Å²) in [6.07, 6.45) is -1.83. The number of carbonyl (C=O) groups is 3. The molecular formula is C16H14N2O8S2. The summed E-state index contributed by atoms with van der Waals surface area (Å²) in [4.78, 5) is 46.7. The molecule has 4 unspecified atom stereocenters. The van der Waals surface area contributed by atoms with Crippen LogP contribution in [-0.2, 0) is 25.7 Å². The molecule has 1 N–H and O–H groups in total. The number of benzene rings is 1. The number of carboxylic acid groups (broad SMARTS) is 1. The smallest absolute Gasteiger partial charge is 0.479 e. The highest BCUT2D eigenvalue weighted by atomic mass is 32.2. The number of ether oxygens (including phenoxy) is 2. The number of hydrogen-bond acceptors (Lipinski definition) is 9. The molecule has 0 spiro atoms. The molecule has 1 aromatic carbocycles. The molecule has 1 aromatic rings. The second-order valence-electron chi connectivity index (χ2n) is 6.12. The Morgan fingerprint density at radius 1 is 1.39 bits per heavy atom. The predicted molar refractivity (Wildman–Crippen MR) is 99.6 cm³/mol. The Labute approximate surface area is 167 Å². The van der Waals surface area contributed by atoms with E-state index < -0.39 is 46.4 Å². The van der Waals surface area contributed by atoms with Gasteiger partial charge in [-0.05, 0) is 24.6 Å². The van der Waals surface area contributed by atoms with E-state index in [-0.39, 0.29) is 16.5 Å². The van der Waals surface area contributed by atoms with Crippen molar-refractivity contribution in [2.45, 2.75) is 31.1 Å². The molecule has 148 valence electrons. The maximum Gasteiger partial charge on any atom is 0.508 e. The number of rotatable bonds is 6. The number of carbonyl (C=O) groups excluding carboxylic acids is 2. The van der Waals surface area contributed by atoms with Crippen molar-refractivity contribution in [1.29, 1.82) is 0 Å². The van der Waals surface area contributed by atoms with Crippen molar-refractivity contribution >= 4 is 51.9 Å². The van der Waals surface area contributed by atoms with Crippen molar-refractivity contribution in [3.8, 4) is 0 Å². The van der Waals surface area contributed by atoms with E-state index in [0.717, 1.165) is 11.8 Å². The normalized spacial score (nSPS) is 24.2. The number of non-ortho nitro benzene ring substituents is 1. The number of carboxylic acids is 1. The standard InChI is InChI=1S/C16H14N2O8S2/c1-7(10-12(19)17-11(14(20)21)15(27)28-13(10)17)26-16(22)25-6-8-2-4-9(5-3-8)18(23)24/h2-5,7,10-11,13H,6H2,1H3,(H,20,21). The third-order valence-electron chi connectivity index (χ3n) is 4.38. The third kappa shape index (κ3) is 3.64. The number of fused-ring (bicyclic) bond motifs is 1. The zero-order valence-electron chi connectivity index (χ0n) is 14.3. The first kappa shape index (κ1) is 20.0. The van der Waals surface area contributed by atoms with Crippen LogP contribution in [0.5, 0.6) is 0 Å². The van der Waals surface area contributed by atoms with Crippen molar-refractivity contribution in [1.82, 2.24) is 4.90 Å². The number of aliphatic carboxylic acids is 1. The monoisotopic (exact) mass is 426 g/mol. The molecule has 12 heteroatoms. The van der Waals surface area contributed by atoms with E-state index in [1.165, 1.54) is 36.1 Å². The van der Waals surface area contributed by atoms with Gasteiger partial charge < -0.3 is 19.5 Å². The van der Waals surface area contributed by atoms with Crippen molar-refractivity contribution < 1.29 is 33.9 Å². The second-order valence-corrected chi connectivity index (χ2v) is 7.98. The van der Waals surface area contributed by atoms with Crippen LogP contribution < -0.4 is 0 Å². The molecule has 0 aliphatic carbocycles. The molecule has 0 saturated carbocycles. The molecule has 0 bridgehead atoms. The Morgan fingerprint density at radius 2 is 2.04 bits per heavy atom. The first-order chi connectivity index (χ1) is 13.2. The highest BCUT2D eigenvalue weighted by molar-refractivity contribution is 8.24. The van der Waals surface area contributed by atoms with E-state index in [2.05, 4.69) is 0 Å². The lowest BCUT2D eigenvalue weighted by molar-refractivity contribution is -0.384. The van der Waals surface area contributed by atoms with Gasteiger partial charge in [0, 0.05) is 12.1 Å². The summed E-state index contributed by atoms with van der Waals surface area (Å²) >= 11 is 6.13. The summed E-state index contributed by atoms with van der Waals surface area (Å²) in [5.41, 5.74) is 0.446. The lowest BCUT2D eigenvalue weighted by Gasteiger charge is -2.44. The van der Waals surface area contributed by atoms with Crippen LogP contribution in [0.25, 0.3) is 0 Å². The van der Waals surface area contributed by atoms with Crippen molar-refractivity contribution in [2.24, 2.45) is 5.92 Å². The maximum atomic E-state index is 12.3. The van der Waals surface area contributed by atoms with Crippen LogP contribution in [0.3, 0.4) is 0 Å². The molecule has 2 aliphatic heterocycles. The highest BCUT2D eigenvalue weighted by Crippen LogP contribution is 2.47. The van der Waals surface area contributed by atoms with Gasteiger partial charge in [0.15, 0.2) is 6.04 Å². The van der Waals surface area contributed by atoms with Gasteiger partial charge in [-0.2, -0.15) is 0 Å². The second kappa shape index (κ2) is 7.72. The number of thiocarbonyl (C=S) groups is 1. The third-order valence-corrected chi connectivity index (χ3v) is 6.11. The Bertz CT molecular complexity index is 859.